The summed E-state index contributed by atoms with van der Waals surface area (Å²) >= 11 is 0. The zero-order chi connectivity index (χ0) is 15.1. The molecule has 0 aliphatic heterocycles. The second-order valence-corrected chi connectivity index (χ2v) is 4.16. The smallest absolute Gasteiger partial charge is 0.126 e. The minimum Gasteiger partial charge on any atom is -0.394 e. The van der Waals surface area contributed by atoms with Crippen LogP contribution in [0.2, 0.25) is 0 Å². The van der Waals surface area contributed by atoms with Crippen LogP contribution in [0.15, 0.2) is 18.5 Å². The summed E-state index contributed by atoms with van der Waals surface area (Å²) in [6.45, 7) is -1.10. The van der Waals surface area contributed by atoms with E-state index in [1.165, 1.54) is 24.5 Å². The Bertz CT molecular complexity index is 424. The Morgan fingerprint density at radius 1 is 1.00 bits per heavy atom. The van der Waals surface area contributed by atoms with Crippen molar-refractivity contribution in [1.29, 1.82) is 0 Å². The number of rotatable bonds is 7. The van der Waals surface area contributed by atoms with Crippen molar-refractivity contribution in [3.05, 3.63) is 29.9 Å². The molecular formula is C12H18N2O6. The molecule has 112 valence electrons. The molecule has 1 aromatic rings. The highest BCUT2D eigenvalue weighted by Gasteiger charge is 2.26. The summed E-state index contributed by atoms with van der Waals surface area (Å²) in [5.41, 5.74) is 0.413. The van der Waals surface area contributed by atoms with Crippen molar-refractivity contribution in [2.45, 2.75) is 24.4 Å². The van der Waals surface area contributed by atoms with Crippen molar-refractivity contribution in [3.8, 4) is 0 Å². The van der Waals surface area contributed by atoms with Crippen LogP contribution >= 0.6 is 0 Å². The third-order valence-electron chi connectivity index (χ3n) is 2.58. The van der Waals surface area contributed by atoms with E-state index >= 15 is 0 Å². The SMILES string of the molecule is OC[C@@H](O)[C@@H](O)[C@H](O)c1cnc(/C=C\[C@H](O)CO)cn1. The van der Waals surface area contributed by atoms with E-state index in [-0.39, 0.29) is 5.69 Å². The standard InChI is InChI=1S/C12H18N2O6/c15-5-8(17)2-1-7-3-14-9(4-13-7)11(19)12(20)10(18)6-16/h1-4,8,10-12,15-20H,5-6H2/b2-1-/t8-,10+,11+,12+/m0/s1. The van der Waals surface area contributed by atoms with Gasteiger partial charge in [-0.15, -0.1) is 0 Å². The molecule has 1 rings (SSSR count). The fraction of sp³-hybridized carbons (Fsp3) is 0.500. The average Bonchev–Trinajstić information content (AvgIpc) is 2.50. The molecule has 0 fully saturated rings. The molecule has 1 aromatic heterocycles. The quantitative estimate of drug-likeness (QED) is 0.325. The first-order valence-electron chi connectivity index (χ1n) is 5.93. The van der Waals surface area contributed by atoms with E-state index in [1.54, 1.807) is 0 Å². The first kappa shape index (κ1) is 16.6. The molecule has 0 amide bonds. The van der Waals surface area contributed by atoms with Crippen LogP contribution in [0, 0.1) is 0 Å². The Morgan fingerprint density at radius 2 is 1.70 bits per heavy atom. The maximum atomic E-state index is 9.72. The van der Waals surface area contributed by atoms with Gasteiger partial charge in [-0.25, -0.2) is 0 Å². The zero-order valence-electron chi connectivity index (χ0n) is 10.6. The average molecular weight is 286 g/mol. The Kier molecular flexibility index (Phi) is 6.65. The normalized spacial score (nSPS) is 17.9. The molecule has 0 aromatic carbocycles. The predicted octanol–water partition coefficient (Wildman–Crippen LogP) is -2.41. The largest absolute Gasteiger partial charge is 0.394 e. The van der Waals surface area contributed by atoms with Crippen molar-refractivity contribution >= 4 is 6.08 Å². The van der Waals surface area contributed by atoms with Crippen molar-refractivity contribution in [2.75, 3.05) is 13.2 Å². The second kappa shape index (κ2) is 8.00. The van der Waals surface area contributed by atoms with Gasteiger partial charge in [-0.1, -0.05) is 6.08 Å². The van der Waals surface area contributed by atoms with Gasteiger partial charge in [0.15, 0.2) is 0 Å². The number of aliphatic hydroxyl groups is 6. The van der Waals surface area contributed by atoms with Gasteiger partial charge in [0.2, 0.25) is 0 Å². The number of hydrogen-bond acceptors (Lipinski definition) is 8. The van der Waals surface area contributed by atoms with E-state index in [0.717, 1.165) is 0 Å². The van der Waals surface area contributed by atoms with Gasteiger partial charge in [-0.2, -0.15) is 0 Å². The number of nitrogens with zero attached hydrogens (tertiary/aromatic N) is 2. The molecule has 6 N–H and O–H groups in total. The van der Waals surface area contributed by atoms with Gasteiger partial charge in [0.05, 0.1) is 43.1 Å². The summed E-state index contributed by atoms with van der Waals surface area (Å²) < 4.78 is 0. The molecule has 0 saturated heterocycles. The Hall–Kier alpha value is -1.42. The third-order valence-corrected chi connectivity index (χ3v) is 2.58. The van der Waals surface area contributed by atoms with Crippen LogP contribution < -0.4 is 0 Å². The minimum atomic E-state index is -1.58. The highest BCUT2D eigenvalue weighted by atomic mass is 16.4. The van der Waals surface area contributed by atoms with Gasteiger partial charge >= 0.3 is 0 Å². The molecule has 8 nitrogen and oxygen atoms in total. The number of aromatic nitrogens is 2. The lowest BCUT2D eigenvalue weighted by Gasteiger charge is -2.20. The lowest BCUT2D eigenvalue weighted by Crippen LogP contribution is -2.35. The number of aliphatic hydroxyl groups excluding tert-OH is 6. The van der Waals surface area contributed by atoms with Gasteiger partial charge in [0.25, 0.3) is 0 Å². The molecule has 8 heteroatoms. The van der Waals surface area contributed by atoms with E-state index < -0.39 is 37.6 Å². The Balaban J connectivity index is 2.73. The first-order valence-corrected chi connectivity index (χ1v) is 5.93. The molecular weight excluding hydrogens is 268 g/mol. The monoisotopic (exact) mass is 286 g/mol. The maximum Gasteiger partial charge on any atom is 0.126 e. The van der Waals surface area contributed by atoms with Crippen LogP contribution in [0.25, 0.3) is 6.08 Å². The minimum absolute atomic E-state index is 0.0323. The van der Waals surface area contributed by atoms with Crippen molar-refractivity contribution in [2.24, 2.45) is 0 Å². The van der Waals surface area contributed by atoms with Crippen molar-refractivity contribution in [3.63, 3.8) is 0 Å². The van der Waals surface area contributed by atoms with Crippen LogP contribution in [-0.2, 0) is 0 Å². The number of hydrogen-bond donors (Lipinski definition) is 6. The van der Waals surface area contributed by atoms with Crippen molar-refractivity contribution < 1.29 is 30.6 Å². The fourth-order valence-corrected chi connectivity index (χ4v) is 1.35. The molecule has 1 heterocycles. The van der Waals surface area contributed by atoms with Crippen LogP contribution in [0.5, 0.6) is 0 Å². The zero-order valence-corrected chi connectivity index (χ0v) is 10.6. The maximum absolute atomic E-state index is 9.72. The van der Waals surface area contributed by atoms with Crippen LogP contribution in [0.1, 0.15) is 17.5 Å². The van der Waals surface area contributed by atoms with Crippen molar-refractivity contribution in [1.82, 2.24) is 9.97 Å². The molecule has 0 radical (unpaired) electrons. The molecule has 0 bridgehead atoms. The molecule has 0 saturated carbocycles. The lowest BCUT2D eigenvalue weighted by atomic mass is 10.1. The highest BCUT2D eigenvalue weighted by molar-refractivity contribution is 5.43. The van der Waals surface area contributed by atoms with E-state index in [4.69, 9.17) is 15.3 Å². The molecule has 4 atom stereocenters. The van der Waals surface area contributed by atoms with Crippen LogP contribution in [0.3, 0.4) is 0 Å². The Morgan fingerprint density at radius 3 is 2.20 bits per heavy atom. The van der Waals surface area contributed by atoms with E-state index in [1.807, 2.05) is 0 Å². The topological polar surface area (TPSA) is 147 Å². The van der Waals surface area contributed by atoms with Gasteiger partial charge in [0.1, 0.15) is 18.3 Å². The highest BCUT2D eigenvalue weighted by Crippen LogP contribution is 2.16. The summed E-state index contributed by atoms with van der Waals surface area (Å²) in [6, 6.07) is 0. The summed E-state index contributed by atoms with van der Waals surface area (Å²) in [5, 5.41) is 54.9. The summed E-state index contributed by atoms with van der Waals surface area (Å²) in [4.78, 5) is 7.78. The van der Waals surface area contributed by atoms with E-state index in [2.05, 4.69) is 9.97 Å². The van der Waals surface area contributed by atoms with Gasteiger partial charge in [-0.05, 0) is 6.08 Å². The van der Waals surface area contributed by atoms with Gasteiger partial charge in [0, 0.05) is 0 Å². The summed E-state index contributed by atoms with van der Waals surface area (Å²) in [5.74, 6) is 0. The lowest BCUT2D eigenvalue weighted by molar-refractivity contribution is -0.0790. The van der Waals surface area contributed by atoms with Crippen LogP contribution in [-0.4, -0.2) is 72.1 Å². The molecule has 0 unspecified atom stereocenters. The molecule has 0 spiro atoms. The second-order valence-electron chi connectivity index (χ2n) is 4.16. The van der Waals surface area contributed by atoms with E-state index in [0.29, 0.717) is 5.69 Å². The van der Waals surface area contributed by atoms with E-state index in [9.17, 15) is 15.3 Å². The summed E-state index contributed by atoms with van der Waals surface area (Å²) in [6.07, 6.45) is -0.291. The molecule has 0 aliphatic rings. The molecule has 0 aliphatic carbocycles. The molecule has 20 heavy (non-hydrogen) atoms. The van der Waals surface area contributed by atoms with Gasteiger partial charge < -0.3 is 30.6 Å². The summed E-state index contributed by atoms with van der Waals surface area (Å²) in [7, 11) is 0. The predicted molar refractivity (Wildman–Crippen MR) is 68.2 cm³/mol. The van der Waals surface area contributed by atoms with Crippen LogP contribution in [0.4, 0.5) is 0 Å². The first-order chi connectivity index (χ1) is 9.49. The third kappa shape index (κ3) is 4.60. The van der Waals surface area contributed by atoms with Gasteiger partial charge in [-0.3, -0.25) is 9.97 Å². The fourth-order valence-electron chi connectivity index (χ4n) is 1.35. The Labute approximate surface area is 115 Å².